The van der Waals surface area contributed by atoms with Gasteiger partial charge in [-0.1, -0.05) is 18.2 Å². The molecule has 156 valence electrons. The number of aliphatic imine (C=N–C) groups is 1. The van der Waals surface area contributed by atoms with E-state index >= 15 is 0 Å². The summed E-state index contributed by atoms with van der Waals surface area (Å²) < 4.78 is 21.1. The maximum atomic E-state index is 13.6. The molecule has 2 heterocycles. The highest BCUT2D eigenvalue weighted by molar-refractivity contribution is 14.0. The van der Waals surface area contributed by atoms with Crippen molar-refractivity contribution < 1.29 is 9.13 Å². The van der Waals surface area contributed by atoms with E-state index in [0.29, 0.717) is 13.2 Å². The summed E-state index contributed by atoms with van der Waals surface area (Å²) in [5.41, 5.74) is 0.857. The fourth-order valence-corrected chi connectivity index (χ4v) is 2.85. The number of halogens is 2. The van der Waals surface area contributed by atoms with Gasteiger partial charge in [0.1, 0.15) is 12.4 Å². The number of aryl methyl sites for hydroxylation is 1. The molecule has 0 bridgehead atoms. The summed E-state index contributed by atoms with van der Waals surface area (Å²) in [4.78, 5) is 6.24. The number of hydrogen-bond donors (Lipinski definition) is 1. The van der Waals surface area contributed by atoms with Crippen molar-refractivity contribution in [3.05, 3.63) is 60.3 Å². The van der Waals surface area contributed by atoms with Crippen molar-refractivity contribution in [1.82, 2.24) is 24.8 Å². The lowest BCUT2D eigenvalue weighted by atomic mass is 10.3. The van der Waals surface area contributed by atoms with E-state index in [9.17, 15) is 4.39 Å². The number of nitrogens with one attached hydrogen (secondary N) is 1. The standard InChI is InChI=1S/C20H25FN6O.HI/c1-22-20(26(2)14-15-28-17-9-4-3-8-16(17)21)23-12-7-11-19-25-24-18-10-5-6-13-27(18)19;/h3-6,8-10,13H,7,11-12,14-15H2,1-2H3,(H,22,23);1H. The molecule has 0 saturated carbocycles. The molecule has 0 amide bonds. The molecule has 7 nitrogen and oxygen atoms in total. The molecule has 9 heteroatoms. The molecule has 3 rings (SSSR count). The smallest absolute Gasteiger partial charge is 0.193 e. The molecule has 0 aliphatic carbocycles. The lowest BCUT2D eigenvalue weighted by Crippen LogP contribution is -2.41. The van der Waals surface area contributed by atoms with E-state index in [1.165, 1.54) is 6.07 Å². The topological polar surface area (TPSA) is 67.0 Å². The molecule has 0 aliphatic heterocycles. The summed E-state index contributed by atoms with van der Waals surface area (Å²) >= 11 is 0. The van der Waals surface area contributed by atoms with Crippen LogP contribution in [0.5, 0.6) is 5.75 Å². The zero-order chi connectivity index (χ0) is 19.8. The number of nitrogens with zero attached hydrogens (tertiary/aromatic N) is 5. The van der Waals surface area contributed by atoms with Gasteiger partial charge in [0, 0.05) is 33.3 Å². The number of hydrogen-bond acceptors (Lipinski definition) is 4. The number of benzene rings is 1. The highest BCUT2D eigenvalue weighted by Gasteiger charge is 2.08. The summed E-state index contributed by atoms with van der Waals surface area (Å²) in [5, 5.41) is 11.7. The molecule has 1 aromatic carbocycles. The Morgan fingerprint density at radius 1 is 1.21 bits per heavy atom. The Balaban J connectivity index is 0.00000300. The minimum absolute atomic E-state index is 0. The van der Waals surface area contributed by atoms with Gasteiger partial charge in [-0.05, 0) is 30.7 Å². The Morgan fingerprint density at radius 3 is 2.79 bits per heavy atom. The third-order valence-electron chi connectivity index (χ3n) is 4.34. The Hall–Kier alpha value is -2.43. The van der Waals surface area contributed by atoms with Crippen LogP contribution in [-0.2, 0) is 6.42 Å². The number of rotatable bonds is 8. The number of guanidine groups is 1. The molecule has 0 saturated heterocycles. The Bertz CT molecular complexity index is 932. The van der Waals surface area contributed by atoms with Crippen LogP contribution in [0, 0.1) is 5.82 Å². The number of fused-ring (bicyclic) bond motifs is 1. The van der Waals surface area contributed by atoms with E-state index in [-0.39, 0.29) is 35.5 Å². The van der Waals surface area contributed by atoms with Gasteiger partial charge in [-0.2, -0.15) is 0 Å². The molecule has 0 spiro atoms. The number of aromatic nitrogens is 3. The van der Waals surface area contributed by atoms with Crippen molar-refractivity contribution >= 4 is 35.6 Å². The van der Waals surface area contributed by atoms with Crippen molar-refractivity contribution in [3.8, 4) is 5.75 Å². The first kappa shape index (κ1) is 22.9. The van der Waals surface area contributed by atoms with Gasteiger partial charge in [0.15, 0.2) is 23.2 Å². The van der Waals surface area contributed by atoms with Crippen LogP contribution in [0.4, 0.5) is 4.39 Å². The number of pyridine rings is 1. The molecule has 29 heavy (non-hydrogen) atoms. The highest BCUT2D eigenvalue weighted by atomic mass is 127. The van der Waals surface area contributed by atoms with Gasteiger partial charge >= 0.3 is 0 Å². The predicted octanol–water partition coefficient (Wildman–Crippen LogP) is 3.01. The Morgan fingerprint density at radius 2 is 2.00 bits per heavy atom. The van der Waals surface area contributed by atoms with Crippen molar-refractivity contribution in [3.63, 3.8) is 0 Å². The lowest BCUT2D eigenvalue weighted by Gasteiger charge is -2.22. The van der Waals surface area contributed by atoms with Gasteiger partial charge in [-0.25, -0.2) is 4.39 Å². The maximum Gasteiger partial charge on any atom is 0.193 e. The molecule has 0 unspecified atom stereocenters. The van der Waals surface area contributed by atoms with Gasteiger partial charge in [-0.15, -0.1) is 34.2 Å². The second kappa shape index (κ2) is 11.5. The van der Waals surface area contributed by atoms with E-state index in [1.54, 1.807) is 25.2 Å². The average molecular weight is 512 g/mol. The van der Waals surface area contributed by atoms with Crippen LogP contribution in [0.3, 0.4) is 0 Å². The van der Waals surface area contributed by atoms with Crippen LogP contribution in [0.25, 0.3) is 5.65 Å². The van der Waals surface area contributed by atoms with Gasteiger partial charge in [0.05, 0.1) is 6.54 Å². The van der Waals surface area contributed by atoms with Crippen LogP contribution < -0.4 is 10.1 Å². The van der Waals surface area contributed by atoms with Crippen LogP contribution in [0.2, 0.25) is 0 Å². The van der Waals surface area contributed by atoms with E-state index in [2.05, 4.69) is 20.5 Å². The number of ether oxygens (including phenoxy) is 1. The predicted molar refractivity (Wildman–Crippen MR) is 123 cm³/mol. The summed E-state index contributed by atoms with van der Waals surface area (Å²) in [5.74, 6) is 1.62. The molecule has 0 aliphatic rings. The molecule has 2 aromatic heterocycles. The normalized spacial score (nSPS) is 11.2. The fraction of sp³-hybridized carbons (Fsp3) is 0.350. The van der Waals surface area contributed by atoms with E-state index in [4.69, 9.17) is 4.74 Å². The van der Waals surface area contributed by atoms with E-state index in [1.807, 2.05) is 40.7 Å². The first-order valence-corrected chi connectivity index (χ1v) is 9.27. The van der Waals surface area contributed by atoms with Gasteiger partial charge in [-0.3, -0.25) is 9.39 Å². The average Bonchev–Trinajstić information content (AvgIpc) is 3.12. The van der Waals surface area contributed by atoms with Crippen molar-refractivity contribution in [2.24, 2.45) is 4.99 Å². The number of para-hydroxylation sites is 1. The van der Waals surface area contributed by atoms with Crippen molar-refractivity contribution in [2.45, 2.75) is 12.8 Å². The summed E-state index contributed by atoms with van der Waals surface area (Å²) in [6, 6.07) is 12.3. The van der Waals surface area contributed by atoms with Gasteiger partial charge in [0.2, 0.25) is 0 Å². The maximum absolute atomic E-state index is 13.6. The minimum Gasteiger partial charge on any atom is -0.489 e. The molecule has 0 atom stereocenters. The van der Waals surface area contributed by atoms with Crippen LogP contribution in [0.15, 0.2) is 53.7 Å². The van der Waals surface area contributed by atoms with Crippen LogP contribution >= 0.6 is 24.0 Å². The molecule has 0 fully saturated rings. The molecular weight excluding hydrogens is 486 g/mol. The zero-order valence-electron chi connectivity index (χ0n) is 16.6. The minimum atomic E-state index is -0.353. The van der Waals surface area contributed by atoms with Crippen LogP contribution in [-0.4, -0.2) is 59.2 Å². The largest absolute Gasteiger partial charge is 0.489 e. The zero-order valence-corrected chi connectivity index (χ0v) is 18.9. The molecule has 1 N–H and O–H groups in total. The number of likely N-dealkylation sites (N-methyl/N-ethyl adjacent to an activating group) is 1. The van der Waals surface area contributed by atoms with E-state index in [0.717, 1.165) is 36.8 Å². The molecule has 0 radical (unpaired) electrons. The monoisotopic (exact) mass is 512 g/mol. The second-order valence-corrected chi connectivity index (χ2v) is 6.32. The van der Waals surface area contributed by atoms with Crippen molar-refractivity contribution in [1.29, 1.82) is 0 Å². The van der Waals surface area contributed by atoms with Gasteiger partial charge < -0.3 is 15.0 Å². The van der Waals surface area contributed by atoms with E-state index < -0.39 is 0 Å². The first-order chi connectivity index (χ1) is 13.7. The Labute approximate surface area is 187 Å². The highest BCUT2D eigenvalue weighted by Crippen LogP contribution is 2.15. The lowest BCUT2D eigenvalue weighted by molar-refractivity contribution is 0.270. The quantitative estimate of drug-likeness (QED) is 0.218. The summed E-state index contributed by atoms with van der Waals surface area (Å²) in [6.45, 7) is 1.71. The molecular formula is C20H26FIN6O. The molecule has 3 aromatic rings. The summed E-state index contributed by atoms with van der Waals surface area (Å²) in [7, 11) is 3.66. The fourth-order valence-electron chi connectivity index (χ4n) is 2.85. The second-order valence-electron chi connectivity index (χ2n) is 6.32. The Kier molecular flexibility index (Phi) is 9.10. The SMILES string of the molecule is CN=C(NCCCc1nnc2ccccn12)N(C)CCOc1ccccc1F.I. The first-order valence-electron chi connectivity index (χ1n) is 9.27. The third-order valence-corrected chi connectivity index (χ3v) is 4.34. The summed E-state index contributed by atoms with van der Waals surface area (Å²) in [6.07, 6.45) is 3.68. The van der Waals surface area contributed by atoms with Crippen molar-refractivity contribution in [2.75, 3.05) is 33.8 Å². The van der Waals surface area contributed by atoms with Gasteiger partial charge in [0.25, 0.3) is 0 Å². The third kappa shape index (κ3) is 6.28. The van der Waals surface area contributed by atoms with Crippen LogP contribution in [0.1, 0.15) is 12.2 Å².